The highest BCUT2D eigenvalue weighted by Crippen LogP contribution is 2.49. The van der Waals surface area contributed by atoms with E-state index in [1.807, 2.05) is 13.8 Å². The number of hydrogen-bond donors (Lipinski definition) is 1. The molecule has 4 nitrogen and oxygen atoms in total. The van der Waals surface area contributed by atoms with Crippen LogP contribution in [-0.4, -0.2) is 18.9 Å². The number of carbonyl (C=O) groups excluding carboxylic acids is 2. The molecule has 1 heterocycles. The van der Waals surface area contributed by atoms with Crippen LogP contribution in [0.2, 0.25) is 0 Å². The van der Waals surface area contributed by atoms with E-state index in [4.69, 9.17) is 4.74 Å². The Morgan fingerprint density at radius 3 is 2.46 bits per heavy atom. The molecule has 3 rings (SSSR count). The first-order valence-electron chi connectivity index (χ1n) is 8.40. The van der Waals surface area contributed by atoms with E-state index in [0.29, 0.717) is 12.1 Å². The lowest BCUT2D eigenvalue weighted by molar-refractivity contribution is -0.144. The van der Waals surface area contributed by atoms with Gasteiger partial charge in [-0.15, -0.1) is 0 Å². The van der Waals surface area contributed by atoms with Crippen LogP contribution < -0.4 is 5.32 Å². The minimum absolute atomic E-state index is 0.224. The molecule has 0 saturated heterocycles. The molecule has 138 valence electrons. The van der Waals surface area contributed by atoms with Crippen molar-refractivity contribution in [3.8, 4) is 0 Å². The van der Waals surface area contributed by atoms with E-state index in [1.54, 1.807) is 0 Å². The number of Topliss-reactive ketones (excluding diaryl/α,β-unsaturated/α-hetero) is 1. The summed E-state index contributed by atoms with van der Waals surface area (Å²) in [6.07, 6.45) is 0.758. The molecule has 1 aliphatic heterocycles. The number of methoxy groups -OCH3 is 1. The number of rotatable bonds is 2. The second kappa shape index (κ2) is 6.34. The van der Waals surface area contributed by atoms with Crippen molar-refractivity contribution in [3.05, 3.63) is 58.9 Å². The Hall–Kier alpha value is -2.50. The molecule has 0 aromatic heterocycles. The number of carbonyl (C=O) groups is 2. The second-order valence-corrected chi connectivity index (χ2v) is 7.60. The standard InChI is InChI=1S/C20H21F2NO3/c1-10-15(19(25)26-4)18(16-11(21)6-5-7-12(16)22)17-13(23-10)8-20(2,3)9-14(17)24/h5-7,15,18,23H,1,8-9H2,2-4H3. The first-order valence-corrected chi connectivity index (χ1v) is 8.40. The highest BCUT2D eigenvalue weighted by atomic mass is 19.1. The van der Waals surface area contributed by atoms with Crippen molar-refractivity contribution >= 4 is 11.8 Å². The Balaban J connectivity index is 2.27. The number of halogens is 2. The maximum Gasteiger partial charge on any atom is 0.315 e. The molecule has 0 spiro atoms. The fourth-order valence-corrected chi connectivity index (χ4v) is 3.97. The smallest absolute Gasteiger partial charge is 0.315 e. The van der Waals surface area contributed by atoms with Gasteiger partial charge in [0, 0.05) is 34.9 Å². The molecule has 0 bridgehead atoms. The molecule has 1 aromatic rings. The number of esters is 1. The fraction of sp³-hybridized carbons (Fsp3) is 0.400. The average molecular weight is 361 g/mol. The van der Waals surface area contributed by atoms with Crippen molar-refractivity contribution in [2.75, 3.05) is 7.11 Å². The Morgan fingerprint density at radius 1 is 1.27 bits per heavy atom. The molecule has 2 unspecified atom stereocenters. The molecule has 0 radical (unpaired) electrons. The largest absolute Gasteiger partial charge is 0.468 e. The van der Waals surface area contributed by atoms with Crippen LogP contribution in [0, 0.1) is 23.0 Å². The summed E-state index contributed by atoms with van der Waals surface area (Å²) >= 11 is 0. The summed E-state index contributed by atoms with van der Waals surface area (Å²) in [6.45, 7) is 7.76. The number of benzene rings is 1. The van der Waals surface area contributed by atoms with Gasteiger partial charge in [0.15, 0.2) is 5.78 Å². The van der Waals surface area contributed by atoms with Gasteiger partial charge in [0.05, 0.1) is 7.11 Å². The van der Waals surface area contributed by atoms with Crippen LogP contribution in [-0.2, 0) is 14.3 Å². The van der Waals surface area contributed by atoms with E-state index in [1.165, 1.54) is 13.2 Å². The Bertz CT molecular complexity index is 821. The lowest BCUT2D eigenvalue weighted by Gasteiger charge is -2.42. The van der Waals surface area contributed by atoms with Gasteiger partial charge in [-0.2, -0.15) is 0 Å². The fourth-order valence-electron chi connectivity index (χ4n) is 3.97. The first kappa shape index (κ1) is 18.3. The van der Waals surface area contributed by atoms with E-state index in [2.05, 4.69) is 11.9 Å². The van der Waals surface area contributed by atoms with Gasteiger partial charge in [-0.1, -0.05) is 26.5 Å². The van der Waals surface area contributed by atoms with Gasteiger partial charge in [-0.3, -0.25) is 9.59 Å². The summed E-state index contributed by atoms with van der Waals surface area (Å²) in [5, 5.41) is 3.03. The van der Waals surface area contributed by atoms with Crippen LogP contribution in [0.1, 0.15) is 38.2 Å². The van der Waals surface area contributed by atoms with Crippen LogP contribution in [0.4, 0.5) is 8.78 Å². The third kappa shape index (κ3) is 2.93. The minimum Gasteiger partial charge on any atom is -0.468 e. The molecule has 0 amide bonds. The minimum atomic E-state index is -1.10. The summed E-state index contributed by atoms with van der Waals surface area (Å²) in [4.78, 5) is 25.3. The maximum atomic E-state index is 14.6. The summed E-state index contributed by atoms with van der Waals surface area (Å²) in [7, 11) is 1.19. The Morgan fingerprint density at radius 2 is 1.88 bits per heavy atom. The lowest BCUT2D eigenvalue weighted by atomic mass is 9.66. The zero-order chi connectivity index (χ0) is 19.2. The summed E-state index contributed by atoms with van der Waals surface area (Å²) < 4.78 is 34.0. The Labute approximate surface area is 150 Å². The predicted octanol–water partition coefficient (Wildman–Crippen LogP) is 3.60. The van der Waals surface area contributed by atoms with E-state index in [-0.39, 0.29) is 34.5 Å². The number of ether oxygens (including phenoxy) is 1. The number of ketones is 1. The van der Waals surface area contributed by atoms with Crippen molar-refractivity contribution in [2.24, 2.45) is 11.3 Å². The van der Waals surface area contributed by atoms with Crippen molar-refractivity contribution in [1.82, 2.24) is 5.32 Å². The number of nitrogens with one attached hydrogen (secondary N) is 1. The number of allylic oxidation sites excluding steroid dienone is 2. The molecular formula is C20H21F2NO3. The molecule has 26 heavy (non-hydrogen) atoms. The van der Waals surface area contributed by atoms with E-state index in [0.717, 1.165) is 12.1 Å². The van der Waals surface area contributed by atoms with E-state index >= 15 is 0 Å². The molecule has 0 fully saturated rings. The topological polar surface area (TPSA) is 55.4 Å². The van der Waals surface area contributed by atoms with Crippen molar-refractivity contribution in [2.45, 2.75) is 32.6 Å². The zero-order valence-corrected chi connectivity index (χ0v) is 15.0. The average Bonchev–Trinajstić information content (AvgIpc) is 2.52. The molecule has 2 aliphatic rings. The van der Waals surface area contributed by atoms with Crippen molar-refractivity contribution in [3.63, 3.8) is 0 Å². The van der Waals surface area contributed by atoms with Crippen LogP contribution in [0.5, 0.6) is 0 Å². The summed E-state index contributed by atoms with van der Waals surface area (Å²) in [6, 6.07) is 3.49. The Kier molecular flexibility index (Phi) is 4.46. The van der Waals surface area contributed by atoms with E-state index < -0.39 is 29.4 Å². The molecule has 6 heteroatoms. The monoisotopic (exact) mass is 361 g/mol. The van der Waals surface area contributed by atoms with Gasteiger partial charge in [0.1, 0.15) is 17.6 Å². The van der Waals surface area contributed by atoms with Crippen LogP contribution in [0.3, 0.4) is 0 Å². The lowest BCUT2D eigenvalue weighted by Crippen LogP contribution is -2.44. The van der Waals surface area contributed by atoms with Gasteiger partial charge in [0.25, 0.3) is 0 Å². The van der Waals surface area contributed by atoms with Gasteiger partial charge >= 0.3 is 5.97 Å². The molecule has 2 atom stereocenters. The molecule has 1 aromatic carbocycles. The van der Waals surface area contributed by atoms with Gasteiger partial charge < -0.3 is 10.1 Å². The molecule has 0 saturated carbocycles. The summed E-state index contributed by atoms with van der Waals surface area (Å²) in [5.41, 5.74) is 0.500. The van der Waals surface area contributed by atoms with E-state index in [9.17, 15) is 18.4 Å². The molecular weight excluding hydrogens is 340 g/mol. The molecule has 1 aliphatic carbocycles. The zero-order valence-electron chi connectivity index (χ0n) is 15.0. The highest BCUT2D eigenvalue weighted by molar-refractivity contribution is 6.00. The molecule has 1 N–H and O–H groups in total. The normalized spacial score (nSPS) is 24.8. The van der Waals surface area contributed by atoms with Crippen molar-refractivity contribution < 1.29 is 23.1 Å². The van der Waals surface area contributed by atoms with Crippen LogP contribution in [0.25, 0.3) is 0 Å². The quantitative estimate of drug-likeness (QED) is 0.818. The van der Waals surface area contributed by atoms with Gasteiger partial charge in [0.2, 0.25) is 0 Å². The third-order valence-electron chi connectivity index (χ3n) is 5.02. The highest BCUT2D eigenvalue weighted by Gasteiger charge is 2.48. The van der Waals surface area contributed by atoms with Crippen LogP contribution in [0.15, 0.2) is 41.7 Å². The predicted molar refractivity (Wildman–Crippen MR) is 91.9 cm³/mol. The number of hydrogen-bond acceptors (Lipinski definition) is 4. The van der Waals surface area contributed by atoms with Gasteiger partial charge in [-0.05, 0) is 24.0 Å². The first-order chi connectivity index (χ1) is 12.2. The maximum absolute atomic E-state index is 14.6. The van der Waals surface area contributed by atoms with Crippen molar-refractivity contribution in [1.29, 1.82) is 0 Å². The van der Waals surface area contributed by atoms with Gasteiger partial charge in [-0.25, -0.2) is 8.78 Å². The SMILES string of the molecule is C=C1NC2=C(C(=O)CC(C)(C)C2)C(c2c(F)cccc2F)C1C(=O)OC. The summed E-state index contributed by atoms with van der Waals surface area (Å²) in [5.74, 6) is -4.71. The third-order valence-corrected chi connectivity index (χ3v) is 5.02. The second-order valence-electron chi connectivity index (χ2n) is 7.60. The van der Waals surface area contributed by atoms with Crippen LogP contribution >= 0.6 is 0 Å².